The lowest BCUT2D eigenvalue weighted by molar-refractivity contribution is 0.301. The van der Waals surface area contributed by atoms with Gasteiger partial charge in [0, 0.05) is 6.07 Å². The molecule has 0 aliphatic heterocycles. The van der Waals surface area contributed by atoms with E-state index in [1.54, 1.807) is 30.3 Å². The fraction of sp³-hybridized carbons (Fsp3) is 0.0833. The molecular formula is C12H7Cl4NO. The van der Waals surface area contributed by atoms with Crippen molar-refractivity contribution in [2.24, 2.45) is 0 Å². The highest BCUT2D eigenvalue weighted by molar-refractivity contribution is 6.42. The Labute approximate surface area is 124 Å². The first-order valence-electron chi connectivity index (χ1n) is 4.95. The Balaban J connectivity index is 2.11. The van der Waals surface area contributed by atoms with Crippen LogP contribution in [-0.2, 0) is 6.61 Å². The highest BCUT2D eigenvalue weighted by Crippen LogP contribution is 2.27. The highest BCUT2D eigenvalue weighted by atomic mass is 35.5. The van der Waals surface area contributed by atoms with Gasteiger partial charge in [-0.05, 0) is 24.3 Å². The summed E-state index contributed by atoms with van der Waals surface area (Å²) in [6, 6.07) is 8.29. The second-order valence-corrected chi connectivity index (χ2v) is 5.04. The van der Waals surface area contributed by atoms with E-state index in [1.165, 1.54) is 0 Å². The molecule has 2 aromatic rings. The Bertz CT molecular complexity index is 574. The van der Waals surface area contributed by atoms with Crippen molar-refractivity contribution in [2.75, 3.05) is 0 Å². The summed E-state index contributed by atoms with van der Waals surface area (Å²) in [6.07, 6.45) is 0. The standard InChI is InChI=1S/C12H7Cl4NO/c13-8-2-1-7(5-10(8)15)18-6-11-9(14)3-4-12(16)17-11/h1-5H,6H2. The van der Waals surface area contributed by atoms with Gasteiger partial charge in [-0.15, -0.1) is 0 Å². The Kier molecular flexibility index (Phi) is 4.57. The van der Waals surface area contributed by atoms with Gasteiger partial charge in [0.1, 0.15) is 17.5 Å². The Hall–Kier alpha value is -0.670. The molecule has 0 aliphatic carbocycles. The van der Waals surface area contributed by atoms with Crippen molar-refractivity contribution < 1.29 is 4.74 Å². The van der Waals surface area contributed by atoms with E-state index in [0.717, 1.165) is 0 Å². The normalized spacial score (nSPS) is 10.4. The van der Waals surface area contributed by atoms with E-state index in [9.17, 15) is 0 Å². The first-order chi connectivity index (χ1) is 8.56. The largest absolute Gasteiger partial charge is 0.487 e. The lowest BCUT2D eigenvalue weighted by Crippen LogP contribution is -1.99. The molecule has 18 heavy (non-hydrogen) atoms. The van der Waals surface area contributed by atoms with Gasteiger partial charge in [0.05, 0.1) is 20.8 Å². The molecule has 0 amide bonds. The van der Waals surface area contributed by atoms with Crippen LogP contribution in [0.4, 0.5) is 0 Å². The van der Waals surface area contributed by atoms with Gasteiger partial charge in [0.15, 0.2) is 0 Å². The molecule has 0 aliphatic rings. The third kappa shape index (κ3) is 3.42. The third-order valence-electron chi connectivity index (χ3n) is 2.15. The van der Waals surface area contributed by atoms with Gasteiger partial charge in [0.2, 0.25) is 0 Å². The molecule has 1 aromatic carbocycles. The predicted octanol–water partition coefficient (Wildman–Crippen LogP) is 5.27. The lowest BCUT2D eigenvalue weighted by Gasteiger charge is -2.08. The first-order valence-corrected chi connectivity index (χ1v) is 6.46. The van der Waals surface area contributed by atoms with Gasteiger partial charge in [0.25, 0.3) is 0 Å². The third-order valence-corrected chi connectivity index (χ3v) is 3.44. The summed E-state index contributed by atoms with van der Waals surface area (Å²) in [7, 11) is 0. The average Bonchev–Trinajstić information content (AvgIpc) is 2.34. The van der Waals surface area contributed by atoms with Crippen LogP contribution in [0.15, 0.2) is 30.3 Å². The number of benzene rings is 1. The maximum absolute atomic E-state index is 5.97. The summed E-state index contributed by atoms with van der Waals surface area (Å²) in [5.41, 5.74) is 0.565. The van der Waals surface area contributed by atoms with Gasteiger partial charge in [-0.3, -0.25) is 0 Å². The number of rotatable bonds is 3. The van der Waals surface area contributed by atoms with Crippen molar-refractivity contribution in [1.82, 2.24) is 4.98 Å². The predicted molar refractivity (Wildman–Crippen MR) is 75.1 cm³/mol. The van der Waals surface area contributed by atoms with E-state index in [2.05, 4.69) is 4.98 Å². The summed E-state index contributed by atoms with van der Waals surface area (Å²) in [4.78, 5) is 4.08. The maximum atomic E-state index is 5.97. The maximum Gasteiger partial charge on any atom is 0.132 e. The minimum Gasteiger partial charge on any atom is -0.487 e. The van der Waals surface area contributed by atoms with E-state index >= 15 is 0 Å². The number of ether oxygens (including phenoxy) is 1. The van der Waals surface area contributed by atoms with Gasteiger partial charge in [-0.1, -0.05) is 46.4 Å². The molecule has 6 heteroatoms. The molecule has 0 saturated carbocycles. The molecule has 1 aromatic heterocycles. The smallest absolute Gasteiger partial charge is 0.132 e. The van der Waals surface area contributed by atoms with Crippen LogP contribution in [0.3, 0.4) is 0 Å². The van der Waals surface area contributed by atoms with Crippen LogP contribution in [0.25, 0.3) is 0 Å². The minimum atomic E-state index is 0.206. The van der Waals surface area contributed by atoms with E-state index in [-0.39, 0.29) is 6.61 Å². The molecule has 0 spiro atoms. The molecule has 0 atom stereocenters. The fourth-order valence-electron chi connectivity index (χ4n) is 1.28. The minimum absolute atomic E-state index is 0.206. The number of aromatic nitrogens is 1. The highest BCUT2D eigenvalue weighted by Gasteiger charge is 2.05. The quantitative estimate of drug-likeness (QED) is 0.718. The van der Waals surface area contributed by atoms with Crippen LogP contribution in [0.2, 0.25) is 20.2 Å². The molecular weight excluding hydrogens is 316 g/mol. The Morgan fingerprint density at radius 3 is 2.33 bits per heavy atom. The van der Waals surface area contributed by atoms with E-state index < -0.39 is 0 Å². The van der Waals surface area contributed by atoms with Crippen LogP contribution in [0, 0.1) is 0 Å². The molecule has 0 bridgehead atoms. The lowest BCUT2D eigenvalue weighted by atomic mass is 10.3. The molecule has 1 heterocycles. The fourth-order valence-corrected chi connectivity index (χ4v) is 1.89. The summed E-state index contributed by atoms with van der Waals surface area (Å²) in [6.45, 7) is 0.206. The summed E-state index contributed by atoms with van der Waals surface area (Å²) >= 11 is 23.4. The Morgan fingerprint density at radius 1 is 0.889 bits per heavy atom. The number of nitrogens with zero attached hydrogens (tertiary/aromatic N) is 1. The van der Waals surface area contributed by atoms with Crippen molar-refractivity contribution >= 4 is 46.4 Å². The average molecular weight is 323 g/mol. The topological polar surface area (TPSA) is 22.1 Å². The van der Waals surface area contributed by atoms with E-state index in [1.807, 2.05) is 0 Å². The van der Waals surface area contributed by atoms with Crippen LogP contribution in [-0.4, -0.2) is 4.98 Å². The zero-order valence-corrected chi connectivity index (χ0v) is 12.0. The van der Waals surface area contributed by atoms with Crippen LogP contribution in [0.1, 0.15) is 5.69 Å². The van der Waals surface area contributed by atoms with Gasteiger partial charge in [-0.2, -0.15) is 0 Å². The van der Waals surface area contributed by atoms with Crippen LogP contribution < -0.4 is 4.74 Å². The molecule has 0 fully saturated rings. The number of halogens is 4. The number of hydrogen-bond donors (Lipinski definition) is 0. The van der Waals surface area contributed by atoms with Crippen LogP contribution >= 0.6 is 46.4 Å². The summed E-state index contributed by atoms with van der Waals surface area (Å²) in [5, 5.41) is 1.77. The zero-order chi connectivity index (χ0) is 13.1. The van der Waals surface area contributed by atoms with E-state index in [4.69, 9.17) is 51.1 Å². The molecule has 2 nitrogen and oxygen atoms in total. The van der Waals surface area contributed by atoms with Crippen molar-refractivity contribution in [2.45, 2.75) is 6.61 Å². The van der Waals surface area contributed by atoms with Gasteiger partial charge < -0.3 is 4.74 Å². The molecule has 0 saturated heterocycles. The van der Waals surface area contributed by atoms with Crippen molar-refractivity contribution in [3.8, 4) is 5.75 Å². The van der Waals surface area contributed by atoms with Gasteiger partial charge in [-0.25, -0.2) is 4.98 Å². The SMILES string of the molecule is Clc1ccc(Cl)c(COc2ccc(Cl)c(Cl)c2)n1. The molecule has 0 unspecified atom stereocenters. The van der Waals surface area contributed by atoms with Gasteiger partial charge >= 0.3 is 0 Å². The second kappa shape index (κ2) is 5.98. The van der Waals surface area contributed by atoms with Crippen molar-refractivity contribution in [1.29, 1.82) is 0 Å². The monoisotopic (exact) mass is 321 g/mol. The van der Waals surface area contributed by atoms with E-state index in [0.29, 0.717) is 31.7 Å². The number of pyridine rings is 1. The molecule has 2 rings (SSSR count). The zero-order valence-electron chi connectivity index (χ0n) is 8.96. The second-order valence-electron chi connectivity index (χ2n) is 3.43. The number of hydrogen-bond acceptors (Lipinski definition) is 2. The molecule has 0 radical (unpaired) electrons. The molecule has 0 N–H and O–H groups in total. The van der Waals surface area contributed by atoms with Crippen LogP contribution in [0.5, 0.6) is 5.75 Å². The summed E-state index contributed by atoms with van der Waals surface area (Å²) in [5.74, 6) is 0.585. The molecule has 94 valence electrons. The Morgan fingerprint density at radius 2 is 1.61 bits per heavy atom. The van der Waals surface area contributed by atoms with Crippen molar-refractivity contribution in [3.63, 3.8) is 0 Å². The van der Waals surface area contributed by atoms with Crippen molar-refractivity contribution in [3.05, 3.63) is 56.2 Å². The summed E-state index contributed by atoms with van der Waals surface area (Å²) < 4.78 is 5.52. The first kappa shape index (κ1) is 13.8.